The summed E-state index contributed by atoms with van der Waals surface area (Å²) in [5, 5.41) is 4.60. The summed E-state index contributed by atoms with van der Waals surface area (Å²) in [6, 6.07) is 34.0. The second-order valence-corrected chi connectivity index (χ2v) is 9.73. The van der Waals surface area contributed by atoms with Crippen LogP contribution in [0.1, 0.15) is 30.4 Å². The molecule has 3 aromatic carbocycles. The third kappa shape index (κ3) is 4.36. The van der Waals surface area contributed by atoms with Crippen LogP contribution in [0.4, 0.5) is 5.82 Å². The molecule has 4 heteroatoms. The van der Waals surface area contributed by atoms with Crippen molar-refractivity contribution in [2.75, 3.05) is 11.9 Å². The van der Waals surface area contributed by atoms with Gasteiger partial charge in [-0.1, -0.05) is 84.9 Å². The Hall–Kier alpha value is -4.02. The maximum absolute atomic E-state index is 6.58. The van der Waals surface area contributed by atoms with E-state index < -0.39 is 0 Å². The van der Waals surface area contributed by atoms with Crippen LogP contribution in [0.2, 0.25) is 0 Å². The molecule has 36 heavy (non-hydrogen) atoms. The maximum atomic E-state index is 6.58. The second-order valence-electron chi connectivity index (χ2n) is 9.73. The number of rotatable bonds is 7. The fraction of sp³-hybridized carbons (Fsp3) is 0.188. The average Bonchev–Trinajstić information content (AvgIpc) is 2.92. The van der Waals surface area contributed by atoms with Crippen LogP contribution in [0.3, 0.4) is 0 Å². The van der Waals surface area contributed by atoms with Gasteiger partial charge in [-0.25, -0.2) is 9.97 Å². The zero-order chi connectivity index (χ0) is 24.4. The van der Waals surface area contributed by atoms with E-state index in [0.717, 1.165) is 64.9 Å². The molecule has 178 valence electrons. The van der Waals surface area contributed by atoms with Crippen molar-refractivity contribution >= 4 is 16.7 Å². The molecule has 0 unspecified atom stereocenters. The second kappa shape index (κ2) is 9.56. The van der Waals surface area contributed by atoms with E-state index >= 15 is 0 Å². The van der Waals surface area contributed by atoms with Gasteiger partial charge in [0.25, 0.3) is 0 Å². The Morgan fingerprint density at radius 3 is 2.22 bits per heavy atom. The Kier molecular flexibility index (Phi) is 5.96. The zero-order valence-corrected chi connectivity index (χ0v) is 20.3. The molecule has 1 aliphatic carbocycles. The largest absolute Gasteiger partial charge is 0.368 e. The Bertz CT molecular complexity index is 1470. The summed E-state index contributed by atoms with van der Waals surface area (Å²) in [7, 11) is 0. The Labute approximate surface area is 212 Å². The van der Waals surface area contributed by atoms with E-state index in [0.29, 0.717) is 0 Å². The number of pyridine rings is 2. The highest BCUT2D eigenvalue weighted by Gasteiger charge is 2.34. The highest BCUT2D eigenvalue weighted by molar-refractivity contribution is 5.96. The zero-order valence-electron chi connectivity index (χ0n) is 20.3. The Morgan fingerprint density at radius 1 is 0.806 bits per heavy atom. The van der Waals surface area contributed by atoms with Crippen molar-refractivity contribution in [1.82, 2.24) is 9.97 Å². The van der Waals surface area contributed by atoms with Crippen molar-refractivity contribution in [3.05, 3.63) is 114 Å². The van der Waals surface area contributed by atoms with Crippen LogP contribution < -0.4 is 11.1 Å². The molecule has 0 spiro atoms. The van der Waals surface area contributed by atoms with Gasteiger partial charge in [0.2, 0.25) is 0 Å². The van der Waals surface area contributed by atoms with Crippen LogP contribution in [0, 0.1) is 0 Å². The first-order chi connectivity index (χ1) is 17.7. The van der Waals surface area contributed by atoms with Crippen molar-refractivity contribution in [2.24, 2.45) is 5.73 Å². The fourth-order valence-corrected chi connectivity index (χ4v) is 5.06. The first kappa shape index (κ1) is 22.4. The lowest BCUT2D eigenvalue weighted by atomic mass is 9.72. The average molecular weight is 471 g/mol. The van der Waals surface area contributed by atoms with Crippen molar-refractivity contribution in [2.45, 2.75) is 31.2 Å². The minimum Gasteiger partial charge on any atom is -0.368 e. The molecule has 1 aliphatic rings. The van der Waals surface area contributed by atoms with Gasteiger partial charge in [0.05, 0.1) is 5.69 Å². The molecule has 0 bridgehead atoms. The van der Waals surface area contributed by atoms with Crippen LogP contribution in [0.25, 0.3) is 33.3 Å². The topological polar surface area (TPSA) is 63.8 Å². The number of anilines is 1. The van der Waals surface area contributed by atoms with E-state index in [4.69, 9.17) is 10.7 Å². The summed E-state index contributed by atoms with van der Waals surface area (Å²) in [6.45, 7) is 0.793. The summed E-state index contributed by atoms with van der Waals surface area (Å²) in [4.78, 5) is 9.87. The molecule has 0 saturated heterocycles. The minimum absolute atomic E-state index is 0.169. The fourth-order valence-electron chi connectivity index (χ4n) is 5.06. The van der Waals surface area contributed by atoms with Gasteiger partial charge < -0.3 is 11.1 Å². The lowest BCUT2D eigenvalue weighted by molar-refractivity contribution is 0.253. The maximum Gasteiger partial charge on any atom is 0.152 e. The highest BCUT2D eigenvalue weighted by atomic mass is 15.0. The van der Waals surface area contributed by atoms with E-state index in [9.17, 15) is 0 Å². The number of fused-ring (bicyclic) bond motifs is 1. The molecular weight excluding hydrogens is 440 g/mol. The van der Waals surface area contributed by atoms with Crippen molar-refractivity contribution in [3.63, 3.8) is 0 Å². The normalized spacial score (nSPS) is 14.4. The molecule has 0 amide bonds. The van der Waals surface area contributed by atoms with Gasteiger partial charge >= 0.3 is 0 Å². The van der Waals surface area contributed by atoms with Gasteiger partial charge in [0.1, 0.15) is 5.52 Å². The van der Waals surface area contributed by atoms with Gasteiger partial charge in [-0.05, 0) is 54.5 Å². The van der Waals surface area contributed by atoms with E-state index in [1.807, 2.05) is 24.4 Å². The number of benzene rings is 3. The van der Waals surface area contributed by atoms with Gasteiger partial charge in [0.15, 0.2) is 5.82 Å². The smallest absolute Gasteiger partial charge is 0.152 e. The molecule has 2 heterocycles. The lowest BCUT2D eigenvalue weighted by Crippen LogP contribution is -2.43. The van der Waals surface area contributed by atoms with Gasteiger partial charge in [0, 0.05) is 34.8 Å². The minimum atomic E-state index is -0.169. The lowest BCUT2D eigenvalue weighted by Gasteiger charge is -2.38. The molecule has 4 nitrogen and oxygen atoms in total. The molecule has 1 fully saturated rings. The molecule has 0 atom stereocenters. The standard InChI is InChI=1S/C32H30N4/c33-32(18-7-19-32)27-14-12-25(13-15-27)29-28(24-10-5-2-6-11-24)22-26-17-21-35-31(30(26)36-29)34-20-16-23-8-3-1-4-9-23/h1-6,8-15,17,21-22H,7,16,18-20,33H2,(H,34,35). The summed E-state index contributed by atoms with van der Waals surface area (Å²) >= 11 is 0. The number of nitrogens with zero attached hydrogens (tertiary/aromatic N) is 2. The molecule has 0 radical (unpaired) electrons. The van der Waals surface area contributed by atoms with Crippen LogP contribution in [-0.4, -0.2) is 16.5 Å². The van der Waals surface area contributed by atoms with Crippen LogP contribution in [-0.2, 0) is 12.0 Å². The molecule has 3 N–H and O–H groups in total. The number of nitrogens with two attached hydrogens (primary N) is 1. The highest BCUT2D eigenvalue weighted by Crippen LogP contribution is 2.40. The van der Waals surface area contributed by atoms with E-state index in [2.05, 4.69) is 89.2 Å². The predicted octanol–water partition coefficient (Wildman–Crippen LogP) is 6.96. The number of hydrogen-bond acceptors (Lipinski definition) is 4. The SMILES string of the molecule is NC1(c2ccc(-c3nc4c(NCCc5ccccc5)nccc4cc3-c3ccccc3)cc2)CCC1. The summed E-state index contributed by atoms with van der Waals surface area (Å²) in [6.07, 6.45) is 6.10. The number of aromatic nitrogens is 2. The van der Waals surface area contributed by atoms with Gasteiger partial charge in [-0.2, -0.15) is 0 Å². The number of hydrogen-bond donors (Lipinski definition) is 2. The summed E-state index contributed by atoms with van der Waals surface area (Å²) in [5.74, 6) is 0.816. The third-order valence-electron chi connectivity index (χ3n) is 7.35. The quantitative estimate of drug-likeness (QED) is 0.270. The van der Waals surface area contributed by atoms with E-state index in [-0.39, 0.29) is 5.54 Å². The van der Waals surface area contributed by atoms with Crippen LogP contribution >= 0.6 is 0 Å². The molecule has 6 rings (SSSR count). The predicted molar refractivity (Wildman–Crippen MR) is 149 cm³/mol. The van der Waals surface area contributed by atoms with Crippen molar-refractivity contribution in [3.8, 4) is 22.4 Å². The Morgan fingerprint density at radius 2 is 1.53 bits per heavy atom. The van der Waals surface area contributed by atoms with Crippen molar-refractivity contribution < 1.29 is 0 Å². The van der Waals surface area contributed by atoms with E-state index in [1.54, 1.807) is 0 Å². The molecule has 5 aromatic rings. The van der Waals surface area contributed by atoms with Crippen LogP contribution in [0.5, 0.6) is 0 Å². The first-order valence-electron chi connectivity index (χ1n) is 12.7. The van der Waals surface area contributed by atoms with E-state index in [1.165, 1.54) is 17.5 Å². The molecule has 1 saturated carbocycles. The van der Waals surface area contributed by atoms with Crippen LogP contribution in [0.15, 0.2) is 103 Å². The molecule has 2 aromatic heterocycles. The first-order valence-corrected chi connectivity index (χ1v) is 12.7. The summed E-state index contributed by atoms with van der Waals surface area (Å²) in [5.41, 5.74) is 14.1. The monoisotopic (exact) mass is 470 g/mol. The third-order valence-corrected chi connectivity index (χ3v) is 7.35. The Balaban J connectivity index is 1.40. The number of nitrogens with one attached hydrogen (secondary N) is 1. The van der Waals surface area contributed by atoms with Gasteiger partial charge in [-0.15, -0.1) is 0 Å². The molecular formula is C32H30N4. The van der Waals surface area contributed by atoms with Gasteiger partial charge in [-0.3, -0.25) is 0 Å². The molecule has 0 aliphatic heterocycles. The summed E-state index contributed by atoms with van der Waals surface area (Å²) < 4.78 is 0. The van der Waals surface area contributed by atoms with Crippen molar-refractivity contribution in [1.29, 1.82) is 0 Å².